The molecule has 0 spiro atoms. The van der Waals surface area contributed by atoms with E-state index >= 15 is 0 Å². The maximum atomic E-state index is 12.9. The van der Waals surface area contributed by atoms with E-state index in [-0.39, 0.29) is 18.3 Å². The van der Waals surface area contributed by atoms with Gasteiger partial charge in [-0.3, -0.25) is 4.79 Å². The fourth-order valence-electron chi connectivity index (χ4n) is 1.95. The Kier molecular flexibility index (Phi) is 6.12. The Balaban J connectivity index is 1.76. The molecule has 1 atom stereocenters. The molecule has 0 radical (unpaired) electrons. The summed E-state index contributed by atoms with van der Waals surface area (Å²) in [7, 11) is 0. The van der Waals surface area contributed by atoms with E-state index in [0.29, 0.717) is 17.7 Å². The van der Waals surface area contributed by atoms with Crippen molar-refractivity contribution in [2.75, 3.05) is 12.3 Å². The van der Waals surface area contributed by atoms with Gasteiger partial charge in [-0.2, -0.15) is 0 Å². The van der Waals surface area contributed by atoms with E-state index in [2.05, 4.69) is 10.3 Å². The number of aromatic nitrogens is 1. The van der Waals surface area contributed by atoms with Crippen molar-refractivity contribution in [3.05, 3.63) is 60.0 Å². The summed E-state index contributed by atoms with van der Waals surface area (Å²) < 4.78 is 12.9. The van der Waals surface area contributed by atoms with Crippen LogP contribution in [0.5, 0.6) is 0 Å². The average molecular weight is 334 g/mol. The van der Waals surface area contributed by atoms with Crippen molar-refractivity contribution >= 4 is 17.7 Å². The Hall–Kier alpha value is -1.92. The lowest BCUT2D eigenvalue weighted by Gasteiger charge is -2.24. The highest BCUT2D eigenvalue weighted by Gasteiger charge is 2.23. The van der Waals surface area contributed by atoms with Gasteiger partial charge in [0.15, 0.2) is 0 Å². The summed E-state index contributed by atoms with van der Waals surface area (Å²) in [5.74, 6) is 0.109. The van der Waals surface area contributed by atoms with E-state index in [4.69, 9.17) is 0 Å². The first-order chi connectivity index (χ1) is 11.0. The molecule has 1 aromatic carbocycles. The Morgan fingerprint density at radius 3 is 2.70 bits per heavy atom. The largest absolute Gasteiger partial charge is 0.384 e. The summed E-state index contributed by atoms with van der Waals surface area (Å²) in [6.07, 6.45) is 2.04. The topological polar surface area (TPSA) is 62.2 Å². The van der Waals surface area contributed by atoms with Gasteiger partial charge in [-0.25, -0.2) is 9.37 Å². The number of pyridine rings is 1. The lowest BCUT2D eigenvalue weighted by atomic mass is 9.96. The minimum Gasteiger partial charge on any atom is -0.384 e. The number of halogens is 1. The highest BCUT2D eigenvalue weighted by Crippen LogP contribution is 2.20. The van der Waals surface area contributed by atoms with Gasteiger partial charge in [-0.15, -0.1) is 11.8 Å². The van der Waals surface area contributed by atoms with Gasteiger partial charge in [-0.1, -0.05) is 18.2 Å². The van der Waals surface area contributed by atoms with Crippen LogP contribution < -0.4 is 5.32 Å². The van der Waals surface area contributed by atoms with E-state index in [9.17, 15) is 14.3 Å². The van der Waals surface area contributed by atoms with E-state index in [0.717, 1.165) is 5.03 Å². The molecule has 1 aromatic heterocycles. The van der Waals surface area contributed by atoms with E-state index in [1.165, 1.54) is 36.0 Å². The first kappa shape index (κ1) is 17.4. The zero-order valence-electron chi connectivity index (χ0n) is 12.8. The number of rotatable bonds is 7. The zero-order chi connectivity index (χ0) is 16.7. The SMILES string of the molecule is CC(O)(CNC(=O)CCSc1ccccn1)c1ccc(F)cc1. The van der Waals surface area contributed by atoms with Crippen LogP contribution in [0.1, 0.15) is 18.9 Å². The first-order valence-electron chi connectivity index (χ1n) is 7.26. The van der Waals surface area contributed by atoms with Gasteiger partial charge in [0.05, 0.1) is 11.6 Å². The minimum atomic E-state index is -1.24. The monoisotopic (exact) mass is 334 g/mol. The molecule has 2 N–H and O–H groups in total. The third-order valence-corrected chi connectivity index (χ3v) is 4.26. The van der Waals surface area contributed by atoms with Crippen molar-refractivity contribution in [3.8, 4) is 0 Å². The Labute approximate surface area is 139 Å². The summed E-state index contributed by atoms with van der Waals surface area (Å²) in [6, 6.07) is 11.2. The van der Waals surface area contributed by atoms with E-state index in [1.54, 1.807) is 13.1 Å². The molecule has 0 aliphatic heterocycles. The molecule has 23 heavy (non-hydrogen) atoms. The molecule has 1 heterocycles. The first-order valence-corrected chi connectivity index (χ1v) is 8.25. The maximum Gasteiger partial charge on any atom is 0.220 e. The van der Waals surface area contributed by atoms with Gasteiger partial charge in [0.1, 0.15) is 11.4 Å². The van der Waals surface area contributed by atoms with Crippen LogP contribution in [-0.2, 0) is 10.4 Å². The van der Waals surface area contributed by atoms with Crippen LogP contribution in [0.4, 0.5) is 4.39 Å². The summed E-state index contributed by atoms with van der Waals surface area (Å²) in [5.41, 5.74) is -0.681. The summed E-state index contributed by atoms with van der Waals surface area (Å²) in [5, 5.41) is 14.0. The van der Waals surface area contributed by atoms with Gasteiger partial charge >= 0.3 is 0 Å². The summed E-state index contributed by atoms with van der Waals surface area (Å²) in [4.78, 5) is 16.0. The molecule has 1 unspecified atom stereocenters. The standard InChI is InChI=1S/C17H19FN2O2S/c1-17(22,13-5-7-14(18)8-6-13)12-20-15(21)9-11-23-16-4-2-3-10-19-16/h2-8,10,22H,9,11-12H2,1H3,(H,20,21). The Morgan fingerprint density at radius 1 is 1.30 bits per heavy atom. The number of nitrogens with zero attached hydrogens (tertiary/aromatic N) is 1. The predicted molar refractivity (Wildman–Crippen MR) is 88.6 cm³/mol. The molecule has 2 aromatic rings. The van der Waals surface area contributed by atoms with Gasteiger partial charge < -0.3 is 10.4 Å². The van der Waals surface area contributed by atoms with Crippen molar-refractivity contribution in [2.24, 2.45) is 0 Å². The van der Waals surface area contributed by atoms with Crippen molar-refractivity contribution in [2.45, 2.75) is 24.0 Å². The molecular weight excluding hydrogens is 315 g/mol. The molecule has 6 heteroatoms. The number of carbonyl (C=O) groups is 1. The van der Waals surface area contributed by atoms with E-state index < -0.39 is 5.60 Å². The van der Waals surface area contributed by atoms with Crippen LogP contribution in [0, 0.1) is 5.82 Å². The second-order valence-electron chi connectivity index (χ2n) is 5.32. The van der Waals surface area contributed by atoms with Crippen LogP contribution in [0.3, 0.4) is 0 Å². The molecular formula is C17H19FN2O2S. The fraction of sp³-hybridized carbons (Fsp3) is 0.294. The van der Waals surface area contributed by atoms with Crippen molar-refractivity contribution in [1.82, 2.24) is 10.3 Å². The van der Waals surface area contributed by atoms with Gasteiger partial charge in [-0.05, 0) is 36.8 Å². The molecule has 0 fully saturated rings. The van der Waals surface area contributed by atoms with Crippen LogP contribution in [0.15, 0.2) is 53.7 Å². The third kappa shape index (κ3) is 5.65. The van der Waals surface area contributed by atoms with Gasteiger partial charge in [0.25, 0.3) is 0 Å². The fourth-order valence-corrected chi connectivity index (χ4v) is 2.76. The predicted octanol–water partition coefficient (Wildman–Crippen LogP) is 2.73. The van der Waals surface area contributed by atoms with Gasteiger partial charge in [0.2, 0.25) is 5.91 Å². The van der Waals surface area contributed by atoms with E-state index in [1.807, 2.05) is 18.2 Å². The second kappa shape index (κ2) is 8.08. The number of hydrogen-bond acceptors (Lipinski definition) is 4. The molecule has 0 saturated carbocycles. The molecule has 2 rings (SSSR count). The third-order valence-electron chi connectivity index (χ3n) is 3.31. The lowest BCUT2D eigenvalue weighted by Crippen LogP contribution is -2.38. The number of nitrogens with one attached hydrogen (secondary N) is 1. The summed E-state index contributed by atoms with van der Waals surface area (Å²) in [6.45, 7) is 1.66. The van der Waals surface area contributed by atoms with Crippen LogP contribution >= 0.6 is 11.8 Å². The molecule has 122 valence electrons. The highest BCUT2D eigenvalue weighted by molar-refractivity contribution is 7.99. The molecule has 0 saturated heterocycles. The normalized spacial score (nSPS) is 13.3. The Morgan fingerprint density at radius 2 is 2.04 bits per heavy atom. The van der Waals surface area contributed by atoms with Crippen LogP contribution in [-0.4, -0.2) is 28.3 Å². The van der Waals surface area contributed by atoms with Crippen LogP contribution in [0.25, 0.3) is 0 Å². The number of carbonyl (C=O) groups excluding carboxylic acids is 1. The van der Waals surface area contributed by atoms with Gasteiger partial charge in [0, 0.05) is 18.4 Å². The van der Waals surface area contributed by atoms with Crippen molar-refractivity contribution in [3.63, 3.8) is 0 Å². The molecule has 0 bridgehead atoms. The van der Waals surface area contributed by atoms with Crippen LogP contribution in [0.2, 0.25) is 0 Å². The highest BCUT2D eigenvalue weighted by atomic mass is 32.2. The Bertz CT molecular complexity index is 633. The summed E-state index contributed by atoms with van der Waals surface area (Å²) >= 11 is 1.50. The lowest BCUT2D eigenvalue weighted by molar-refractivity contribution is -0.121. The number of hydrogen-bond donors (Lipinski definition) is 2. The number of aliphatic hydroxyl groups is 1. The van der Waals surface area contributed by atoms with Crippen molar-refractivity contribution < 1.29 is 14.3 Å². The quantitative estimate of drug-likeness (QED) is 0.764. The molecule has 0 aliphatic carbocycles. The number of benzene rings is 1. The maximum absolute atomic E-state index is 12.9. The average Bonchev–Trinajstić information content (AvgIpc) is 2.54. The molecule has 1 amide bonds. The molecule has 4 nitrogen and oxygen atoms in total. The second-order valence-corrected chi connectivity index (χ2v) is 6.44. The van der Waals surface area contributed by atoms with Crippen molar-refractivity contribution in [1.29, 1.82) is 0 Å². The number of amides is 1. The number of thioether (sulfide) groups is 1. The smallest absolute Gasteiger partial charge is 0.220 e. The molecule has 0 aliphatic rings. The minimum absolute atomic E-state index is 0.0751. The zero-order valence-corrected chi connectivity index (χ0v) is 13.6.